The molecule has 300 valence electrons. The van der Waals surface area contributed by atoms with E-state index in [4.69, 9.17) is 81.1 Å². The number of nitrogens with zero attached hydrogens (tertiary/aromatic N) is 4. The van der Waals surface area contributed by atoms with Gasteiger partial charge in [-0.1, -0.05) is 178 Å². The van der Waals surface area contributed by atoms with Gasteiger partial charge in [-0.2, -0.15) is 0 Å². The van der Waals surface area contributed by atoms with Crippen LogP contribution in [-0.2, 0) is 19.2 Å². The Morgan fingerprint density at radius 1 is 0.533 bits per heavy atom. The van der Waals surface area contributed by atoms with Gasteiger partial charge in [0.05, 0.1) is 36.3 Å². The van der Waals surface area contributed by atoms with E-state index in [9.17, 15) is 0 Å². The van der Waals surface area contributed by atoms with Crippen molar-refractivity contribution in [3.8, 4) is 0 Å². The Bertz CT molecular complexity index is 2540. The number of oxime groups is 3. The van der Waals surface area contributed by atoms with Crippen molar-refractivity contribution in [3.05, 3.63) is 211 Å². The van der Waals surface area contributed by atoms with Gasteiger partial charge in [-0.05, 0) is 65.2 Å². The van der Waals surface area contributed by atoms with Crippen molar-refractivity contribution in [2.75, 3.05) is 13.1 Å². The van der Waals surface area contributed by atoms with Crippen LogP contribution in [0.2, 0.25) is 20.1 Å². The van der Waals surface area contributed by atoms with Gasteiger partial charge >= 0.3 is 5.79 Å². The summed E-state index contributed by atoms with van der Waals surface area (Å²) in [5.74, 6) is -3.24. The van der Waals surface area contributed by atoms with Gasteiger partial charge in [0.25, 0.3) is 5.90 Å². The number of rotatable bonds is 7. The Morgan fingerprint density at radius 2 is 0.967 bits per heavy atom. The third-order valence-corrected chi connectivity index (χ3v) is 13.2. The first-order valence-corrected chi connectivity index (χ1v) is 21.1. The first kappa shape index (κ1) is 38.8. The van der Waals surface area contributed by atoms with Gasteiger partial charge in [0.15, 0.2) is 0 Å². The zero-order valence-electron chi connectivity index (χ0n) is 32.1. The molecule has 10 rings (SSSR count). The van der Waals surface area contributed by atoms with E-state index in [0.29, 0.717) is 48.2 Å². The standard InChI is InChI=1S/C48H36Cl4N4O4/c1-30(31-14-6-2-7-15-31)56-28-46(41(37-24-22-35(49)26-39(37)51)43(53-58-46)32-16-8-3-9-17-32)48(57-45(55-60-48)34-20-12-5-13-21-34)47(29-56)42(38-25-23-36(50)27-40(38)52)44(54-59-47)33-18-10-4-11-19-33/h2-27,30,41-42H,28-29H2,1H3/t30-,41-,42+,46-,47+,48?/m1/s1. The zero-order valence-corrected chi connectivity index (χ0v) is 35.1. The molecule has 0 radical (unpaired) electrons. The summed E-state index contributed by atoms with van der Waals surface area (Å²) in [5, 5.41) is 16.5. The van der Waals surface area contributed by atoms with Gasteiger partial charge in [-0.3, -0.25) is 4.90 Å². The van der Waals surface area contributed by atoms with Crippen molar-refractivity contribution in [2.24, 2.45) is 15.5 Å². The summed E-state index contributed by atoms with van der Waals surface area (Å²) in [6, 6.07) is 50.3. The van der Waals surface area contributed by atoms with Crippen LogP contribution in [-0.4, -0.2) is 52.3 Å². The highest BCUT2D eigenvalue weighted by Crippen LogP contribution is 2.64. The summed E-state index contributed by atoms with van der Waals surface area (Å²) in [5.41, 5.74) is 2.77. The molecule has 3 spiro atoms. The lowest BCUT2D eigenvalue weighted by molar-refractivity contribution is -0.383. The molecule has 0 bridgehead atoms. The number of piperidine rings is 1. The van der Waals surface area contributed by atoms with E-state index < -0.39 is 28.8 Å². The van der Waals surface area contributed by atoms with Crippen LogP contribution in [0, 0.1) is 0 Å². The molecule has 12 heteroatoms. The SMILES string of the molecule is C[C@H](c1ccccc1)N1C[C@@]2(ON=C(c3ccccc3)[C@@H]2c2ccc(Cl)cc2Cl)C2(ON=C(c3ccccc3)O2)[C@]2(C1)ON=C(c1ccccc1)[C@H]2c1ccc(Cl)cc1Cl. The molecule has 1 unspecified atom stereocenters. The minimum atomic E-state index is -1.95. The Balaban J connectivity index is 1.29. The maximum absolute atomic E-state index is 7.45. The number of ether oxygens (including phenoxy) is 1. The first-order chi connectivity index (χ1) is 29.2. The maximum atomic E-state index is 7.45. The molecule has 6 atom stereocenters. The van der Waals surface area contributed by atoms with Crippen LogP contribution in [0.1, 0.15) is 58.2 Å². The van der Waals surface area contributed by atoms with E-state index in [0.717, 1.165) is 16.7 Å². The monoisotopic (exact) mass is 872 g/mol. The molecule has 4 aliphatic rings. The Morgan fingerprint density at radius 3 is 1.42 bits per heavy atom. The van der Waals surface area contributed by atoms with Crippen LogP contribution in [0.4, 0.5) is 0 Å². The van der Waals surface area contributed by atoms with Gasteiger partial charge < -0.3 is 19.2 Å². The minimum Gasteiger partial charge on any atom is -0.423 e. The first-order valence-electron chi connectivity index (χ1n) is 19.6. The third kappa shape index (κ3) is 6.11. The number of halogens is 4. The number of fused-ring (bicyclic) bond motifs is 2. The number of hydrogen-bond acceptors (Lipinski definition) is 8. The van der Waals surface area contributed by atoms with Gasteiger partial charge in [0, 0.05) is 42.8 Å². The third-order valence-electron chi connectivity index (χ3n) is 12.1. The lowest BCUT2D eigenvalue weighted by atomic mass is 9.60. The molecule has 60 heavy (non-hydrogen) atoms. The molecule has 4 heterocycles. The lowest BCUT2D eigenvalue weighted by Gasteiger charge is -2.58. The molecule has 4 aliphatic heterocycles. The summed E-state index contributed by atoms with van der Waals surface area (Å²) in [6.45, 7) is 2.57. The molecular weight excluding hydrogens is 838 g/mol. The minimum absolute atomic E-state index is 0.204. The summed E-state index contributed by atoms with van der Waals surface area (Å²) in [7, 11) is 0. The summed E-state index contributed by atoms with van der Waals surface area (Å²) in [4.78, 5) is 23.7. The smallest absolute Gasteiger partial charge is 0.366 e. The van der Waals surface area contributed by atoms with Gasteiger partial charge in [-0.15, -0.1) is 0 Å². The van der Waals surface area contributed by atoms with Crippen molar-refractivity contribution in [1.82, 2.24) is 4.90 Å². The van der Waals surface area contributed by atoms with E-state index in [1.54, 1.807) is 12.1 Å². The fraction of sp³-hybridized carbons (Fsp3) is 0.188. The van der Waals surface area contributed by atoms with E-state index in [-0.39, 0.29) is 25.0 Å². The molecule has 1 fully saturated rings. The topological polar surface area (TPSA) is 77.2 Å². The maximum Gasteiger partial charge on any atom is 0.366 e. The molecule has 0 N–H and O–H groups in total. The Labute approximate surface area is 367 Å². The average Bonchev–Trinajstić information content (AvgIpc) is 4.00. The number of likely N-dealkylation sites (tertiary alicyclic amines) is 1. The molecule has 6 aromatic rings. The van der Waals surface area contributed by atoms with E-state index in [2.05, 4.69) is 24.0 Å². The lowest BCUT2D eigenvalue weighted by Crippen LogP contribution is -2.81. The van der Waals surface area contributed by atoms with E-state index in [1.807, 2.05) is 133 Å². The Kier molecular flexibility index (Phi) is 9.89. The molecule has 0 amide bonds. The average molecular weight is 875 g/mol. The molecule has 0 aromatic heterocycles. The molecule has 8 nitrogen and oxygen atoms in total. The summed E-state index contributed by atoms with van der Waals surface area (Å²) < 4.78 is 7.45. The molecule has 6 aromatic carbocycles. The second kappa shape index (κ2) is 15.3. The van der Waals surface area contributed by atoms with Crippen molar-refractivity contribution < 1.29 is 19.2 Å². The molecule has 0 saturated carbocycles. The number of benzene rings is 6. The quantitative estimate of drug-likeness (QED) is 0.160. The highest BCUT2D eigenvalue weighted by Gasteiger charge is 2.86. The molecule has 1 saturated heterocycles. The fourth-order valence-electron chi connectivity index (χ4n) is 9.32. The van der Waals surface area contributed by atoms with E-state index in [1.165, 1.54) is 0 Å². The normalized spacial score (nSPS) is 26.2. The van der Waals surface area contributed by atoms with Crippen molar-refractivity contribution in [3.63, 3.8) is 0 Å². The largest absolute Gasteiger partial charge is 0.423 e. The van der Waals surface area contributed by atoms with Crippen LogP contribution >= 0.6 is 46.4 Å². The van der Waals surface area contributed by atoms with Gasteiger partial charge in [0.1, 0.15) is 0 Å². The van der Waals surface area contributed by atoms with Crippen molar-refractivity contribution in [1.29, 1.82) is 0 Å². The predicted molar refractivity (Wildman–Crippen MR) is 236 cm³/mol. The van der Waals surface area contributed by atoms with Crippen LogP contribution < -0.4 is 0 Å². The van der Waals surface area contributed by atoms with Crippen LogP contribution in [0.15, 0.2) is 173 Å². The summed E-state index contributed by atoms with van der Waals surface area (Å²) >= 11 is 27.8. The van der Waals surface area contributed by atoms with Crippen LogP contribution in [0.3, 0.4) is 0 Å². The van der Waals surface area contributed by atoms with Crippen LogP contribution in [0.25, 0.3) is 0 Å². The second-order valence-electron chi connectivity index (χ2n) is 15.4. The van der Waals surface area contributed by atoms with Crippen LogP contribution in [0.5, 0.6) is 0 Å². The zero-order chi connectivity index (χ0) is 41.1. The highest BCUT2D eigenvalue weighted by atomic mass is 35.5. The summed E-state index contributed by atoms with van der Waals surface area (Å²) in [6.07, 6.45) is 0. The second-order valence-corrected chi connectivity index (χ2v) is 17.1. The highest BCUT2D eigenvalue weighted by molar-refractivity contribution is 6.36. The molecule has 0 aliphatic carbocycles. The van der Waals surface area contributed by atoms with Gasteiger partial charge in [0.2, 0.25) is 11.2 Å². The van der Waals surface area contributed by atoms with Gasteiger partial charge in [-0.25, -0.2) is 0 Å². The molecular formula is C48H36Cl4N4O4. The number of hydrogen-bond donors (Lipinski definition) is 0. The van der Waals surface area contributed by atoms with Crippen molar-refractivity contribution in [2.45, 2.75) is 41.8 Å². The van der Waals surface area contributed by atoms with Crippen molar-refractivity contribution >= 4 is 63.7 Å². The predicted octanol–water partition coefficient (Wildman–Crippen LogP) is 11.7. The van der Waals surface area contributed by atoms with E-state index >= 15 is 0 Å². The Hall–Kier alpha value is -5.35. The fourth-order valence-corrected chi connectivity index (χ4v) is 10.4.